The molecule has 4 N–H and O–H groups in total. The maximum atomic E-state index is 12.6. The van der Waals surface area contributed by atoms with Crippen molar-refractivity contribution in [3.8, 4) is 0 Å². The van der Waals surface area contributed by atoms with Gasteiger partial charge < -0.3 is 20.6 Å². The van der Waals surface area contributed by atoms with Gasteiger partial charge in [0.05, 0.1) is 31.3 Å². The van der Waals surface area contributed by atoms with Gasteiger partial charge in [0.15, 0.2) is 0 Å². The minimum Gasteiger partial charge on any atom is -0.394 e. The summed E-state index contributed by atoms with van der Waals surface area (Å²) in [6, 6.07) is -0.658. The van der Waals surface area contributed by atoms with Crippen LogP contribution in [-0.2, 0) is 4.79 Å². The lowest BCUT2D eigenvalue weighted by Gasteiger charge is -2.23. The van der Waals surface area contributed by atoms with Gasteiger partial charge in [-0.25, -0.2) is 0 Å². The molecule has 0 aliphatic rings. The third-order valence-corrected chi connectivity index (χ3v) is 17.3. The summed E-state index contributed by atoms with van der Waals surface area (Å²) in [5, 5.41) is 33.8. The Morgan fingerprint density at radius 3 is 0.753 bits per heavy atom. The van der Waals surface area contributed by atoms with Gasteiger partial charge >= 0.3 is 0 Å². The molecule has 0 saturated carbocycles. The number of carbonyl (C=O) groups excluding carboxylic acids is 1. The van der Waals surface area contributed by atoms with Crippen LogP contribution in [0.4, 0.5) is 0 Å². The summed E-state index contributed by atoms with van der Waals surface area (Å²) in [5.41, 5.74) is 0. The fraction of sp³-hybridized carbons (Fsp3) is 0.958. The Bertz CT molecular complexity index is 1110. The Morgan fingerprint density at radius 1 is 0.312 bits per heavy atom. The number of amides is 1. The van der Waals surface area contributed by atoms with Crippen LogP contribution in [0.5, 0.6) is 0 Å². The third-order valence-electron chi connectivity index (χ3n) is 17.3. The molecule has 5 heteroatoms. The number of nitrogens with one attached hydrogen (secondary N) is 1. The predicted molar refractivity (Wildman–Crippen MR) is 342 cm³/mol. The van der Waals surface area contributed by atoms with Crippen LogP contribution < -0.4 is 5.32 Å². The van der Waals surface area contributed by atoms with Crippen molar-refractivity contribution >= 4 is 5.91 Å². The Labute approximate surface area is 484 Å². The Morgan fingerprint density at radius 2 is 0.519 bits per heavy atom. The quantitative estimate of drug-likeness (QED) is 0.0361. The Kier molecular flexibility index (Phi) is 66.8. The number of hydrogen-bond acceptors (Lipinski definition) is 4. The zero-order valence-corrected chi connectivity index (χ0v) is 52.9. The molecule has 77 heavy (non-hydrogen) atoms. The van der Waals surface area contributed by atoms with Gasteiger partial charge in [0.2, 0.25) is 5.91 Å². The first-order valence-electron chi connectivity index (χ1n) is 36.0. The average molecular weight is 1090 g/mol. The van der Waals surface area contributed by atoms with E-state index in [2.05, 4.69) is 31.3 Å². The van der Waals surface area contributed by atoms with Gasteiger partial charge in [0.25, 0.3) is 0 Å². The minimum absolute atomic E-state index is 0.0417. The first-order chi connectivity index (χ1) is 38.0. The van der Waals surface area contributed by atoms with Gasteiger partial charge in [0.1, 0.15) is 0 Å². The third kappa shape index (κ3) is 64.1. The van der Waals surface area contributed by atoms with Crippen LogP contribution in [0.25, 0.3) is 0 Å². The summed E-state index contributed by atoms with van der Waals surface area (Å²) in [6.45, 7) is 4.32. The van der Waals surface area contributed by atoms with E-state index in [-0.39, 0.29) is 18.9 Å². The molecule has 3 atom stereocenters. The second-order valence-electron chi connectivity index (χ2n) is 25.2. The highest BCUT2D eigenvalue weighted by Crippen LogP contribution is 2.20. The molecule has 0 aromatic carbocycles. The molecular formula is C72H143NO4. The SMILES string of the molecule is CCCCCCCCCCCCCCCCCCCC/C=C\CCCCCCCCCCCCCCCCCC(O)CC(=O)NC(CO)C(O)CCCCCCCCCCCCCCCCCCCCCCCCCCC. The lowest BCUT2D eigenvalue weighted by Crippen LogP contribution is -2.46. The lowest BCUT2D eigenvalue weighted by molar-refractivity contribution is -0.125. The van der Waals surface area contributed by atoms with Crippen LogP contribution in [0.3, 0.4) is 0 Å². The van der Waals surface area contributed by atoms with Crippen molar-refractivity contribution in [3.05, 3.63) is 12.2 Å². The number of hydrogen-bond donors (Lipinski definition) is 4. The molecule has 5 nitrogen and oxygen atoms in total. The van der Waals surface area contributed by atoms with Crippen molar-refractivity contribution < 1.29 is 20.1 Å². The average Bonchev–Trinajstić information content (AvgIpc) is 3.43. The van der Waals surface area contributed by atoms with E-state index in [1.54, 1.807) is 0 Å². The molecule has 0 spiro atoms. The first kappa shape index (κ1) is 76.1. The zero-order chi connectivity index (χ0) is 55.7. The van der Waals surface area contributed by atoms with Crippen molar-refractivity contribution in [2.24, 2.45) is 0 Å². The van der Waals surface area contributed by atoms with E-state index in [1.165, 1.54) is 360 Å². The zero-order valence-electron chi connectivity index (χ0n) is 52.9. The Balaban J connectivity index is 3.43. The maximum Gasteiger partial charge on any atom is 0.222 e. The van der Waals surface area contributed by atoms with E-state index in [0.29, 0.717) is 12.8 Å². The fourth-order valence-corrected chi connectivity index (χ4v) is 11.9. The van der Waals surface area contributed by atoms with E-state index in [4.69, 9.17) is 0 Å². The van der Waals surface area contributed by atoms with E-state index in [0.717, 1.165) is 25.7 Å². The van der Waals surface area contributed by atoms with Gasteiger partial charge in [-0.3, -0.25) is 4.79 Å². The molecule has 1 amide bonds. The van der Waals surface area contributed by atoms with E-state index >= 15 is 0 Å². The van der Waals surface area contributed by atoms with Gasteiger partial charge in [0, 0.05) is 0 Å². The number of aliphatic hydroxyl groups is 3. The minimum atomic E-state index is -0.749. The molecule has 0 aliphatic carbocycles. The molecule has 0 bridgehead atoms. The fourth-order valence-electron chi connectivity index (χ4n) is 11.9. The van der Waals surface area contributed by atoms with Crippen molar-refractivity contribution in [1.29, 1.82) is 0 Å². The molecule has 0 radical (unpaired) electrons. The van der Waals surface area contributed by atoms with Crippen LogP contribution >= 0.6 is 0 Å². The van der Waals surface area contributed by atoms with Gasteiger partial charge in [-0.1, -0.05) is 386 Å². The molecule has 0 saturated heterocycles. The Hall–Kier alpha value is -0.910. The number of unbranched alkanes of at least 4 members (excludes halogenated alkanes) is 57. The van der Waals surface area contributed by atoms with E-state index in [1.807, 2.05) is 0 Å². The predicted octanol–water partition coefficient (Wildman–Crippen LogP) is 23.4. The molecule has 460 valence electrons. The molecule has 0 aromatic rings. The molecule has 0 aliphatic heterocycles. The summed E-state index contributed by atoms with van der Waals surface area (Å²) in [7, 11) is 0. The van der Waals surface area contributed by atoms with E-state index < -0.39 is 18.2 Å². The standard InChI is InChI=1S/C72H143NO4/c1-3-5-7-9-11-13-15-17-19-21-23-25-27-29-30-31-32-33-34-35-36-37-38-39-40-42-43-45-47-49-51-53-55-57-59-61-63-65-69(75)67-72(77)73-70(68-74)71(76)66-64-62-60-58-56-54-52-50-48-46-44-41-28-26-24-22-20-18-16-14-12-10-8-6-4-2/h35-36,69-71,74-76H,3-34,37-68H2,1-2H3,(H,73,77)/b36-35-. The van der Waals surface area contributed by atoms with Crippen LogP contribution in [0, 0.1) is 0 Å². The highest BCUT2D eigenvalue weighted by molar-refractivity contribution is 5.76. The summed E-state index contributed by atoms with van der Waals surface area (Å²) >= 11 is 0. The topological polar surface area (TPSA) is 89.8 Å². The smallest absolute Gasteiger partial charge is 0.222 e. The molecule has 3 unspecified atom stereocenters. The highest BCUT2D eigenvalue weighted by atomic mass is 16.3. The number of carbonyl (C=O) groups is 1. The van der Waals surface area contributed by atoms with Crippen molar-refractivity contribution in [1.82, 2.24) is 5.32 Å². The maximum absolute atomic E-state index is 12.6. The molecule has 0 heterocycles. The second kappa shape index (κ2) is 67.6. The normalized spacial score (nSPS) is 13.1. The largest absolute Gasteiger partial charge is 0.394 e. The monoisotopic (exact) mass is 1090 g/mol. The van der Waals surface area contributed by atoms with Gasteiger partial charge in [-0.2, -0.15) is 0 Å². The summed E-state index contributed by atoms with van der Waals surface area (Å²) in [5.74, 6) is -0.274. The van der Waals surface area contributed by atoms with Crippen LogP contribution in [0.1, 0.15) is 418 Å². The molecule has 0 rings (SSSR count). The number of aliphatic hydroxyl groups excluding tert-OH is 3. The van der Waals surface area contributed by atoms with Gasteiger partial charge in [-0.05, 0) is 38.5 Å². The van der Waals surface area contributed by atoms with E-state index in [9.17, 15) is 20.1 Å². The lowest BCUT2D eigenvalue weighted by atomic mass is 10.0. The van der Waals surface area contributed by atoms with Crippen LogP contribution in [0.15, 0.2) is 12.2 Å². The molecule has 0 aromatic heterocycles. The molecular weight excluding hydrogens is 943 g/mol. The highest BCUT2D eigenvalue weighted by Gasteiger charge is 2.21. The number of allylic oxidation sites excluding steroid dienone is 2. The molecule has 0 fully saturated rings. The van der Waals surface area contributed by atoms with Crippen LogP contribution in [0.2, 0.25) is 0 Å². The summed E-state index contributed by atoms with van der Waals surface area (Å²) < 4.78 is 0. The van der Waals surface area contributed by atoms with Gasteiger partial charge in [-0.15, -0.1) is 0 Å². The van der Waals surface area contributed by atoms with Crippen molar-refractivity contribution in [2.45, 2.75) is 437 Å². The van der Waals surface area contributed by atoms with Crippen LogP contribution in [-0.4, -0.2) is 46.1 Å². The van der Waals surface area contributed by atoms with Crippen molar-refractivity contribution in [2.75, 3.05) is 6.61 Å². The second-order valence-corrected chi connectivity index (χ2v) is 25.2. The van der Waals surface area contributed by atoms with Crippen molar-refractivity contribution in [3.63, 3.8) is 0 Å². The number of rotatable bonds is 68. The summed E-state index contributed by atoms with van der Waals surface area (Å²) in [4.78, 5) is 12.6. The summed E-state index contributed by atoms with van der Waals surface area (Å²) in [6.07, 6.45) is 87.3. The first-order valence-corrected chi connectivity index (χ1v) is 36.0.